The Morgan fingerprint density at radius 1 is 1.20 bits per heavy atom. The van der Waals surface area contributed by atoms with Crippen LogP contribution >= 0.6 is 11.8 Å². The SMILES string of the molecule is CSc1ccccc1NCC(=O)NC(=O)NC(C)(C)C. The van der Waals surface area contributed by atoms with Crippen molar-refractivity contribution in [2.24, 2.45) is 0 Å². The van der Waals surface area contributed by atoms with Gasteiger partial charge in [0.2, 0.25) is 5.91 Å². The van der Waals surface area contributed by atoms with Crippen molar-refractivity contribution in [1.82, 2.24) is 10.6 Å². The third kappa shape index (κ3) is 5.97. The van der Waals surface area contributed by atoms with Gasteiger partial charge in [-0.15, -0.1) is 11.8 Å². The number of benzene rings is 1. The van der Waals surface area contributed by atoms with Gasteiger partial charge in [-0.2, -0.15) is 0 Å². The summed E-state index contributed by atoms with van der Waals surface area (Å²) in [6.45, 7) is 5.60. The average molecular weight is 295 g/mol. The minimum atomic E-state index is -0.484. The molecule has 3 amide bonds. The van der Waals surface area contributed by atoms with Gasteiger partial charge in [0.15, 0.2) is 0 Å². The third-order valence-electron chi connectivity index (χ3n) is 2.29. The molecule has 0 radical (unpaired) electrons. The fraction of sp³-hybridized carbons (Fsp3) is 0.429. The first-order valence-electron chi connectivity index (χ1n) is 6.31. The molecule has 20 heavy (non-hydrogen) atoms. The quantitative estimate of drug-likeness (QED) is 0.746. The molecule has 0 atom stereocenters. The van der Waals surface area contributed by atoms with Gasteiger partial charge in [-0.3, -0.25) is 10.1 Å². The summed E-state index contributed by atoms with van der Waals surface area (Å²) >= 11 is 1.60. The summed E-state index contributed by atoms with van der Waals surface area (Å²) < 4.78 is 0. The maximum atomic E-state index is 11.7. The van der Waals surface area contributed by atoms with Crippen LogP contribution in [0.4, 0.5) is 10.5 Å². The molecule has 1 rings (SSSR count). The number of para-hydroxylation sites is 1. The number of anilines is 1. The zero-order chi connectivity index (χ0) is 15.2. The minimum Gasteiger partial charge on any atom is -0.375 e. The van der Waals surface area contributed by atoms with Crippen molar-refractivity contribution in [3.63, 3.8) is 0 Å². The topological polar surface area (TPSA) is 70.2 Å². The molecule has 0 aliphatic carbocycles. The maximum Gasteiger partial charge on any atom is 0.321 e. The Bertz CT molecular complexity index is 484. The molecule has 0 saturated heterocycles. The van der Waals surface area contributed by atoms with E-state index in [4.69, 9.17) is 0 Å². The summed E-state index contributed by atoms with van der Waals surface area (Å²) in [4.78, 5) is 24.3. The highest BCUT2D eigenvalue weighted by atomic mass is 32.2. The van der Waals surface area contributed by atoms with E-state index in [9.17, 15) is 9.59 Å². The predicted molar refractivity (Wildman–Crippen MR) is 83.1 cm³/mol. The second kappa shape index (κ2) is 7.19. The van der Waals surface area contributed by atoms with Gasteiger partial charge in [-0.1, -0.05) is 12.1 Å². The number of hydrogen-bond donors (Lipinski definition) is 3. The second-order valence-electron chi connectivity index (χ2n) is 5.31. The number of hydrogen-bond acceptors (Lipinski definition) is 4. The molecular formula is C14H21N3O2S. The molecule has 3 N–H and O–H groups in total. The number of nitrogens with one attached hydrogen (secondary N) is 3. The van der Waals surface area contributed by atoms with Gasteiger partial charge in [-0.25, -0.2) is 4.79 Å². The summed E-state index contributed by atoms with van der Waals surface area (Å²) in [6, 6.07) is 7.22. The Kier molecular flexibility index (Phi) is 5.88. The van der Waals surface area contributed by atoms with Crippen LogP contribution in [-0.2, 0) is 4.79 Å². The van der Waals surface area contributed by atoms with Crippen LogP contribution in [0.2, 0.25) is 0 Å². The largest absolute Gasteiger partial charge is 0.375 e. The standard InChI is InChI=1S/C14H21N3O2S/c1-14(2,3)17-13(19)16-12(18)9-15-10-7-5-6-8-11(10)20-4/h5-8,15H,9H2,1-4H3,(H2,16,17,18,19). The first-order valence-corrected chi connectivity index (χ1v) is 7.53. The summed E-state index contributed by atoms with van der Waals surface area (Å²) in [7, 11) is 0. The Balaban J connectivity index is 2.46. The van der Waals surface area contributed by atoms with E-state index in [2.05, 4.69) is 16.0 Å². The van der Waals surface area contributed by atoms with Crippen molar-refractivity contribution in [1.29, 1.82) is 0 Å². The molecule has 0 aliphatic rings. The average Bonchev–Trinajstić information content (AvgIpc) is 2.34. The number of carbonyl (C=O) groups excluding carboxylic acids is 2. The minimum absolute atomic E-state index is 0.0507. The Hall–Kier alpha value is -1.69. The third-order valence-corrected chi connectivity index (χ3v) is 3.08. The lowest BCUT2D eigenvalue weighted by Crippen LogP contribution is -2.49. The Labute approximate surface area is 123 Å². The molecule has 0 spiro atoms. The van der Waals surface area contributed by atoms with E-state index in [1.807, 2.05) is 51.3 Å². The Morgan fingerprint density at radius 2 is 1.85 bits per heavy atom. The van der Waals surface area contributed by atoms with Crippen molar-refractivity contribution in [3.05, 3.63) is 24.3 Å². The monoisotopic (exact) mass is 295 g/mol. The van der Waals surface area contributed by atoms with Gasteiger partial charge in [0.1, 0.15) is 0 Å². The molecule has 0 heterocycles. The lowest BCUT2D eigenvalue weighted by molar-refractivity contribution is -0.118. The van der Waals surface area contributed by atoms with E-state index in [1.165, 1.54) is 0 Å². The molecule has 0 aromatic heterocycles. The van der Waals surface area contributed by atoms with Crippen molar-refractivity contribution in [2.45, 2.75) is 31.2 Å². The molecule has 0 saturated carbocycles. The van der Waals surface area contributed by atoms with Crippen LogP contribution in [-0.4, -0.2) is 30.3 Å². The molecule has 0 unspecified atom stereocenters. The van der Waals surface area contributed by atoms with Gasteiger partial charge >= 0.3 is 6.03 Å². The fourth-order valence-electron chi connectivity index (χ4n) is 1.51. The number of rotatable bonds is 4. The first-order chi connectivity index (χ1) is 9.31. The van der Waals surface area contributed by atoms with E-state index in [0.717, 1.165) is 10.6 Å². The highest BCUT2D eigenvalue weighted by Crippen LogP contribution is 2.24. The van der Waals surface area contributed by atoms with Crippen LogP contribution < -0.4 is 16.0 Å². The van der Waals surface area contributed by atoms with E-state index in [-0.39, 0.29) is 18.0 Å². The highest BCUT2D eigenvalue weighted by molar-refractivity contribution is 7.98. The van der Waals surface area contributed by atoms with E-state index >= 15 is 0 Å². The lowest BCUT2D eigenvalue weighted by Gasteiger charge is -2.20. The number of imide groups is 1. The van der Waals surface area contributed by atoms with Gasteiger partial charge in [-0.05, 0) is 39.2 Å². The number of amides is 3. The highest BCUT2D eigenvalue weighted by Gasteiger charge is 2.15. The van der Waals surface area contributed by atoms with Crippen LogP contribution in [0.3, 0.4) is 0 Å². The van der Waals surface area contributed by atoms with Crippen molar-refractivity contribution in [3.8, 4) is 0 Å². The van der Waals surface area contributed by atoms with E-state index in [0.29, 0.717) is 0 Å². The van der Waals surface area contributed by atoms with Gasteiger partial charge < -0.3 is 10.6 Å². The van der Waals surface area contributed by atoms with E-state index < -0.39 is 6.03 Å². The smallest absolute Gasteiger partial charge is 0.321 e. The number of carbonyl (C=O) groups is 2. The Morgan fingerprint density at radius 3 is 2.45 bits per heavy atom. The number of urea groups is 1. The molecule has 0 aliphatic heterocycles. The maximum absolute atomic E-state index is 11.7. The van der Waals surface area contributed by atoms with Gasteiger partial charge in [0, 0.05) is 16.1 Å². The summed E-state index contributed by atoms with van der Waals surface area (Å²) in [5.74, 6) is -0.373. The molecule has 6 heteroatoms. The van der Waals surface area contributed by atoms with Crippen molar-refractivity contribution < 1.29 is 9.59 Å². The van der Waals surface area contributed by atoms with Gasteiger partial charge in [0.25, 0.3) is 0 Å². The predicted octanol–water partition coefficient (Wildman–Crippen LogP) is 2.44. The van der Waals surface area contributed by atoms with Crippen molar-refractivity contribution >= 4 is 29.4 Å². The molecule has 1 aromatic rings. The number of thioether (sulfide) groups is 1. The summed E-state index contributed by atoms with van der Waals surface area (Å²) in [6.07, 6.45) is 1.97. The van der Waals surface area contributed by atoms with Crippen LogP contribution in [0.25, 0.3) is 0 Å². The van der Waals surface area contributed by atoms with Crippen molar-refractivity contribution in [2.75, 3.05) is 18.1 Å². The molecule has 0 fully saturated rings. The second-order valence-corrected chi connectivity index (χ2v) is 6.15. The van der Waals surface area contributed by atoms with Crippen LogP contribution in [0.5, 0.6) is 0 Å². The normalized spacial score (nSPS) is 10.8. The van der Waals surface area contributed by atoms with Crippen LogP contribution in [0.15, 0.2) is 29.2 Å². The molecule has 0 bridgehead atoms. The summed E-state index contributed by atoms with van der Waals surface area (Å²) in [5.41, 5.74) is 0.509. The molecule has 5 nitrogen and oxygen atoms in total. The van der Waals surface area contributed by atoms with Crippen LogP contribution in [0.1, 0.15) is 20.8 Å². The zero-order valence-corrected chi connectivity index (χ0v) is 13.1. The summed E-state index contributed by atoms with van der Waals surface area (Å²) in [5, 5.41) is 7.97. The molecular weight excluding hydrogens is 274 g/mol. The first kappa shape index (κ1) is 16.4. The van der Waals surface area contributed by atoms with Gasteiger partial charge in [0.05, 0.1) is 6.54 Å². The molecule has 110 valence electrons. The fourth-order valence-corrected chi connectivity index (χ4v) is 2.08. The lowest BCUT2D eigenvalue weighted by atomic mass is 10.1. The zero-order valence-electron chi connectivity index (χ0n) is 12.2. The molecule has 1 aromatic carbocycles. The van der Waals surface area contributed by atoms with E-state index in [1.54, 1.807) is 11.8 Å². The van der Waals surface area contributed by atoms with Crippen LogP contribution in [0, 0.1) is 0 Å².